The molecule has 4 heteroatoms. The van der Waals surface area contributed by atoms with Crippen molar-refractivity contribution >= 4 is 15.9 Å². The average molecular weight is 249 g/mol. The monoisotopic (exact) mass is 248 g/mol. The smallest absolute Gasteiger partial charge is 0.155 e. The summed E-state index contributed by atoms with van der Waals surface area (Å²) in [6.07, 6.45) is 4.82. The predicted molar refractivity (Wildman–Crippen MR) is 54.4 cm³/mol. The second-order valence-electron chi connectivity index (χ2n) is 2.64. The second kappa shape index (κ2) is 3.64. The molecule has 0 saturated heterocycles. The van der Waals surface area contributed by atoms with Crippen LogP contribution in [0.25, 0.3) is 11.1 Å². The number of aromatic nitrogens is 1. The number of nitrogens with zero attached hydrogens (tertiary/aromatic N) is 2. The van der Waals surface area contributed by atoms with Gasteiger partial charge in [-0.15, -0.1) is 0 Å². The van der Waals surface area contributed by atoms with E-state index < -0.39 is 0 Å². The fourth-order valence-corrected chi connectivity index (χ4v) is 1.71. The average Bonchev–Trinajstić information content (AvgIpc) is 2.71. The van der Waals surface area contributed by atoms with Crippen LogP contribution in [0.4, 0.5) is 0 Å². The topological polar surface area (TPSA) is 49.8 Å². The maximum atomic E-state index is 8.77. The molecule has 0 atom stereocenters. The van der Waals surface area contributed by atoms with Gasteiger partial charge in [0.1, 0.15) is 6.07 Å². The quantitative estimate of drug-likeness (QED) is 0.780. The Bertz CT molecular complexity index is 485. The number of nitriles is 1. The minimum Gasteiger partial charge on any atom is -0.472 e. The highest BCUT2D eigenvalue weighted by atomic mass is 79.9. The molecule has 0 aliphatic rings. The summed E-state index contributed by atoms with van der Waals surface area (Å²) in [5.74, 6) is 0. The first-order valence-electron chi connectivity index (χ1n) is 3.90. The first-order valence-corrected chi connectivity index (χ1v) is 4.69. The van der Waals surface area contributed by atoms with Crippen molar-refractivity contribution in [2.45, 2.75) is 0 Å². The Morgan fingerprint density at radius 3 is 2.93 bits per heavy atom. The first kappa shape index (κ1) is 8.97. The van der Waals surface area contributed by atoms with Crippen molar-refractivity contribution in [3.8, 4) is 17.2 Å². The van der Waals surface area contributed by atoms with Gasteiger partial charge < -0.3 is 4.42 Å². The van der Waals surface area contributed by atoms with Gasteiger partial charge in [0, 0.05) is 17.3 Å². The number of furan rings is 1. The van der Waals surface area contributed by atoms with Gasteiger partial charge in [-0.05, 0) is 28.1 Å². The molecule has 2 aromatic heterocycles. The van der Waals surface area contributed by atoms with Gasteiger partial charge in [0.15, 0.2) is 5.69 Å². The predicted octanol–water partition coefficient (Wildman–Crippen LogP) is 2.98. The standard InChI is InChI=1S/C10H5BrN2O/c11-10-8(7-2-4-14-6-7)1-3-13-9(10)5-12/h1-4,6H. The van der Waals surface area contributed by atoms with Crippen molar-refractivity contribution in [1.29, 1.82) is 5.26 Å². The van der Waals surface area contributed by atoms with Crippen LogP contribution >= 0.6 is 15.9 Å². The Kier molecular flexibility index (Phi) is 2.33. The lowest BCUT2D eigenvalue weighted by Crippen LogP contribution is -1.86. The molecule has 3 nitrogen and oxygen atoms in total. The summed E-state index contributed by atoms with van der Waals surface area (Å²) in [5, 5.41) is 8.77. The zero-order chi connectivity index (χ0) is 9.97. The van der Waals surface area contributed by atoms with E-state index in [4.69, 9.17) is 9.68 Å². The molecule has 0 unspecified atom stereocenters. The van der Waals surface area contributed by atoms with Crippen molar-refractivity contribution in [2.24, 2.45) is 0 Å². The molecule has 0 fully saturated rings. The van der Waals surface area contributed by atoms with Gasteiger partial charge in [-0.25, -0.2) is 4.98 Å². The molecular weight excluding hydrogens is 244 g/mol. The summed E-state index contributed by atoms with van der Waals surface area (Å²) < 4.78 is 5.67. The maximum absolute atomic E-state index is 8.77. The summed E-state index contributed by atoms with van der Waals surface area (Å²) in [6, 6.07) is 5.67. The van der Waals surface area contributed by atoms with E-state index in [-0.39, 0.29) is 0 Å². The van der Waals surface area contributed by atoms with Crippen LogP contribution in [0, 0.1) is 11.3 Å². The van der Waals surface area contributed by atoms with Crippen LogP contribution in [0.2, 0.25) is 0 Å². The molecule has 0 bridgehead atoms. The van der Waals surface area contributed by atoms with Crippen molar-refractivity contribution in [3.63, 3.8) is 0 Å². The van der Waals surface area contributed by atoms with Gasteiger partial charge in [-0.1, -0.05) is 0 Å². The molecule has 0 amide bonds. The van der Waals surface area contributed by atoms with E-state index in [1.807, 2.05) is 18.2 Å². The zero-order valence-electron chi connectivity index (χ0n) is 7.07. The molecule has 2 heterocycles. The summed E-state index contributed by atoms with van der Waals surface area (Å²) in [5.41, 5.74) is 2.21. The lowest BCUT2D eigenvalue weighted by Gasteiger charge is -2.01. The van der Waals surface area contributed by atoms with E-state index in [1.54, 1.807) is 18.7 Å². The van der Waals surface area contributed by atoms with Gasteiger partial charge in [-0.3, -0.25) is 0 Å². The molecule has 14 heavy (non-hydrogen) atoms. The zero-order valence-corrected chi connectivity index (χ0v) is 8.65. The minimum absolute atomic E-state index is 0.378. The lowest BCUT2D eigenvalue weighted by atomic mass is 10.1. The number of halogens is 1. The van der Waals surface area contributed by atoms with Gasteiger partial charge in [0.05, 0.1) is 17.0 Å². The molecule has 0 radical (unpaired) electrons. The Morgan fingerprint density at radius 2 is 2.29 bits per heavy atom. The van der Waals surface area contributed by atoms with E-state index in [9.17, 15) is 0 Å². The molecule has 0 aromatic carbocycles. The molecule has 0 saturated carbocycles. The summed E-state index contributed by atoms with van der Waals surface area (Å²) >= 11 is 3.34. The van der Waals surface area contributed by atoms with Crippen molar-refractivity contribution in [3.05, 3.63) is 41.0 Å². The number of rotatable bonds is 1. The number of hydrogen-bond donors (Lipinski definition) is 0. The van der Waals surface area contributed by atoms with Crippen LogP contribution < -0.4 is 0 Å². The highest BCUT2D eigenvalue weighted by Gasteiger charge is 2.08. The largest absolute Gasteiger partial charge is 0.472 e. The third-order valence-corrected chi connectivity index (χ3v) is 2.63. The first-order chi connectivity index (χ1) is 6.83. The van der Waals surface area contributed by atoms with E-state index in [1.165, 1.54) is 0 Å². The minimum atomic E-state index is 0.378. The Balaban J connectivity index is 2.61. The van der Waals surface area contributed by atoms with Crippen LogP contribution in [0.5, 0.6) is 0 Å². The van der Waals surface area contributed by atoms with E-state index in [0.29, 0.717) is 10.2 Å². The summed E-state index contributed by atoms with van der Waals surface area (Å²) in [6.45, 7) is 0. The lowest BCUT2D eigenvalue weighted by molar-refractivity contribution is 0.568. The molecule has 0 aliphatic heterocycles. The van der Waals surface area contributed by atoms with E-state index in [2.05, 4.69) is 20.9 Å². The Hall–Kier alpha value is -1.60. The second-order valence-corrected chi connectivity index (χ2v) is 3.44. The van der Waals surface area contributed by atoms with Crippen LogP contribution in [0.3, 0.4) is 0 Å². The molecule has 0 spiro atoms. The van der Waals surface area contributed by atoms with Crippen LogP contribution in [-0.4, -0.2) is 4.98 Å². The van der Waals surface area contributed by atoms with Gasteiger partial charge in [-0.2, -0.15) is 5.26 Å². The van der Waals surface area contributed by atoms with E-state index in [0.717, 1.165) is 11.1 Å². The normalized spacial score (nSPS) is 9.71. The Morgan fingerprint density at radius 1 is 1.43 bits per heavy atom. The van der Waals surface area contributed by atoms with Crippen molar-refractivity contribution in [1.82, 2.24) is 4.98 Å². The van der Waals surface area contributed by atoms with Gasteiger partial charge in [0.25, 0.3) is 0 Å². The van der Waals surface area contributed by atoms with Gasteiger partial charge >= 0.3 is 0 Å². The highest BCUT2D eigenvalue weighted by Crippen LogP contribution is 2.29. The van der Waals surface area contributed by atoms with Crippen LogP contribution in [0.1, 0.15) is 5.69 Å². The third-order valence-electron chi connectivity index (χ3n) is 1.83. The summed E-state index contributed by atoms with van der Waals surface area (Å²) in [4.78, 5) is 3.93. The summed E-state index contributed by atoms with van der Waals surface area (Å²) in [7, 11) is 0. The number of pyridine rings is 1. The van der Waals surface area contributed by atoms with Crippen LogP contribution in [0.15, 0.2) is 39.7 Å². The Labute approximate surface area is 89.1 Å². The highest BCUT2D eigenvalue weighted by molar-refractivity contribution is 9.10. The van der Waals surface area contributed by atoms with Crippen molar-refractivity contribution < 1.29 is 4.42 Å². The molecule has 0 aliphatic carbocycles. The SMILES string of the molecule is N#Cc1nccc(-c2ccoc2)c1Br. The third kappa shape index (κ3) is 1.42. The molecular formula is C10H5BrN2O. The van der Waals surface area contributed by atoms with Crippen LogP contribution in [-0.2, 0) is 0 Å². The molecule has 2 aromatic rings. The van der Waals surface area contributed by atoms with E-state index >= 15 is 0 Å². The van der Waals surface area contributed by atoms with Crippen molar-refractivity contribution in [2.75, 3.05) is 0 Å². The molecule has 2 rings (SSSR count). The fourth-order valence-electron chi connectivity index (χ4n) is 1.16. The maximum Gasteiger partial charge on any atom is 0.155 e. The molecule has 68 valence electrons. The van der Waals surface area contributed by atoms with Gasteiger partial charge in [0.2, 0.25) is 0 Å². The fraction of sp³-hybridized carbons (Fsp3) is 0. The number of hydrogen-bond acceptors (Lipinski definition) is 3. The molecule has 0 N–H and O–H groups in total.